The molecule has 10 heteroatoms. The van der Waals surface area contributed by atoms with Crippen molar-refractivity contribution < 1.29 is 17.9 Å². The van der Waals surface area contributed by atoms with Gasteiger partial charge >= 0.3 is 0 Å². The Kier molecular flexibility index (Phi) is 6.78. The van der Waals surface area contributed by atoms with Crippen molar-refractivity contribution in [3.8, 4) is 0 Å². The second-order valence-electron chi connectivity index (χ2n) is 8.43. The van der Waals surface area contributed by atoms with E-state index in [-0.39, 0.29) is 23.5 Å². The number of nitrogens with zero attached hydrogens (tertiary/aromatic N) is 3. The van der Waals surface area contributed by atoms with Crippen molar-refractivity contribution in [2.45, 2.75) is 57.0 Å². The maximum Gasteiger partial charge on any atom is 0.258 e. The molecule has 176 valence electrons. The maximum atomic E-state index is 13.1. The third kappa shape index (κ3) is 5.07. The molecule has 3 heterocycles. The molecule has 0 saturated carbocycles. The first-order valence-electron chi connectivity index (χ1n) is 11.1. The molecule has 1 aliphatic heterocycles. The number of carbonyl (C=O) groups is 1. The van der Waals surface area contributed by atoms with Crippen molar-refractivity contribution in [3.63, 3.8) is 0 Å². The smallest absolute Gasteiger partial charge is 0.258 e. The number of sulfonamides is 1. The highest BCUT2D eigenvalue weighted by Crippen LogP contribution is 2.25. The fourth-order valence-electron chi connectivity index (χ4n) is 4.12. The number of nitrogens with one attached hydrogen (secondary N) is 2. The van der Waals surface area contributed by atoms with E-state index >= 15 is 0 Å². The summed E-state index contributed by atoms with van der Waals surface area (Å²) in [5.41, 5.74) is 3.05. The van der Waals surface area contributed by atoms with Crippen molar-refractivity contribution in [3.05, 3.63) is 47.4 Å². The summed E-state index contributed by atoms with van der Waals surface area (Å²) in [5, 5.41) is 2.86. The number of aromatic nitrogens is 3. The van der Waals surface area contributed by atoms with Crippen molar-refractivity contribution in [1.29, 1.82) is 0 Å². The van der Waals surface area contributed by atoms with Gasteiger partial charge in [-0.15, -0.1) is 0 Å². The average Bonchev–Trinajstić information content (AvgIpc) is 2.94. The van der Waals surface area contributed by atoms with Gasteiger partial charge in [-0.25, -0.2) is 23.1 Å². The normalized spacial score (nSPS) is 15.1. The Hall–Kier alpha value is -2.82. The van der Waals surface area contributed by atoms with Gasteiger partial charge < -0.3 is 14.6 Å². The molecule has 4 rings (SSSR count). The van der Waals surface area contributed by atoms with E-state index < -0.39 is 10.0 Å². The summed E-state index contributed by atoms with van der Waals surface area (Å²) in [4.78, 5) is 22.6. The molecular formula is C23H29N5O4S. The number of methoxy groups -OCH3 is 1. The molecule has 0 bridgehead atoms. The van der Waals surface area contributed by atoms with Crippen LogP contribution in [0.3, 0.4) is 0 Å². The van der Waals surface area contributed by atoms with E-state index in [2.05, 4.69) is 19.6 Å². The van der Waals surface area contributed by atoms with E-state index in [0.717, 1.165) is 49.4 Å². The van der Waals surface area contributed by atoms with Gasteiger partial charge in [0.2, 0.25) is 10.0 Å². The van der Waals surface area contributed by atoms with Crippen LogP contribution in [0.4, 0.5) is 5.69 Å². The van der Waals surface area contributed by atoms with Crippen LogP contribution in [0.1, 0.15) is 48.1 Å². The lowest BCUT2D eigenvalue weighted by atomic mass is 10.1. The van der Waals surface area contributed by atoms with Crippen molar-refractivity contribution in [1.82, 2.24) is 19.3 Å². The van der Waals surface area contributed by atoms with Gasteiger partial charge in [-0.2, -0.15) is 0 Å². The van der Waals surface area contributed by atoms with E-state index in [1.54, 1.807) is 25.1 Å². The van der Waals surface area contributed by atoms with Gasteiger partial charge in [0.05, 0.1) is 17.1 Å². The number of benzene rings is 1. The highest BCUT2D eigenvalue weighted by atomic mass is 32.2. The molecule has 0 saturated heterocycles. The van der Waals surface area contributed by atoms with Gasteiger partial charge in [-0.3, -0.25) is 4.79 Å². The van der Waals surface area contributed by atoms with Crippen LogP contribution in [-0.4, -0.2) is 48.6 Å². The zero-order valence-electron chi connectivity index (χ0n) is 19.1. The standard InChI is InChI=1S/C23H29N5O4S/c1-15-13-19(21-22(24-15)28-12-6-4-5-7-20(28)26-21)23(29)25-17-8-10-18(11-9-17)33(30,31)27-16(2)14-32-3/h8-11,13,16,27H,4-7,12,14H2,1-3H3,(H,25,29). The fraction of sp³-hybridized carbons (Fsp3) is 0.435. The number of aryl methyl sites for hydroxylation is 3. The summed E-state index contributed by atoms with van der Waals surface area (Å²) in [7, 11) is -2.17. The zero-order valence-corrected chi connectivity index (χ0v) is 19.9. The van der Waals surface area contributed by atoms with Crippen LogP contribution in [0.15, 0.2) is 35.2 Å². The molecule has 1 unspecified atom stereocenters. The van der Waals surface area contributed by atoms with Crippen LogP contribution >= 0.6 is 0 Å². The molecule has 0 radical (unpaired) electrons. The van der Waals surface area contributed by atoms with E-state index in [1.165, 1.54) is 19.2 Å². The van der Waals surface area contributed by atoms with E-state index in [1.807, 2.05) is 6.92 Å². The second-order valence-corrected chi connectivity index (χ2v) is 10.1. The number of carbonyl (C=O) groups excluding carboxylic acids is 1. The topological polar surface area (TPSA) is 115 Å². The molecule has 2 aromatic heterocycles. The molecule has 1 aliphatic rings. The molecule has 33 heavy (non-hydrogen) atoms. The van der Waals surface area contributed by atoms with Gasteiger partial charge in [0.1, 0.15) is 11.3 Å². The second kappa shape index (κ2) is 9.58. The van der Waals surface area contributed by atoms with Crippen LogP contribution in [0, 0.1) is 6.92 Å². The Bertz CT molecular complexity index is 1270. The highest BCUT2D eigenvalue weighted by Gasteiger charge is 2.21. The maximum absolute atomic E-state index is 13.1. The minimum atomic E-state index is -3.68. The summed E-state index contributed by atoms with van der Waals surface area (Å²) in [6.07, 6.45) is 4.20. The van der Waals surface area contributed by atoms with E-state index in [9.17, 15) is 13.2 Å². The van der Waals surface area contributed by atoms with Gasteiger partial charge in [-0.1, -0.05) is 6.42 Å². The number of hydrogen-bond donors (Lipinski definition) is 2. The molecule has 0 spiro atoms. The van der Waals surface area contributed by atoms with Crippen LogP contribution in [-0.2, 0) is 27.7 Å². The third-order valence-corrected chi connectivity index (χ3v) is 7.24. The van der Waals surface area contributed by atoms with Crippen molar-refractivity contribution in [2.75, 3.05) is 19.0 Å². The number of amides is 1. The third-order valence-electron chi connectivity index (χ3n) is 5.63. The first-order chi connectivity index (χ1) is 15.8. The summed E-state index contributed by atoms with van der Waals surface area (Å²) < 4.78 is 34.7. The molecule has 2 N–H and O–H groups in total. The fourth-order valence-corrected chi connectivity index (χ4v) is 5.35. The number of pyridine rings is 1. The SMILES string of the molecule is COCC(C)NS(=O)(=O)c1ccc(NC(=O)c2cc(C)nc3c2nc2n3CCCCC2)cc1. The Morgan fingerprint density at radius 2 is 1.94 bits per heavy atom. The summed E-state index contributed by atoms with van der Waals surface area (Å²) in [6, 6.07) is 7.45. The first-order valence-corrected chi connectivity index (χ1v) is 12.6. The monoisotopic (exact) mass is 471 g/mol. The molecule has 1 aromatic carbocycles. The van der Waals surface area contributed by atoms with Gasteiger partial charge in [0, 0.05) is 37.5 Å². The Morgan fingerprint density at radius 1 is 1.18 bits per heavy atom. The van der Waals surface area contributed by atoms with Gasteiger partial charge in [0.25, 0.3) is 5.91 Å². The Balaban J connectivity index is 1.56. The quantitative estimate of drug-likeness (QED) is 0.547. The molecule has 1 atom stereocenters. The molecule has 9 nitrogen and oxygen atoms in total. The lowest BCUT2D eigenvalue weighted by Gasteiger charge is -2.13. The lowest BCUT2D eigenvalue weighted by Crippen LogP contribution is -2.35. The Morgan fingerprint density at radius 3 is 2.67 bits per heavy atom. The number of fused-ring (bicyclic) bond motifs is 3. The van der Waals surface area contributed by atoms with E-state index in [4.69, 9.17) is 9.72 Å². The zero-order chi connectivity index (χ0) is 23.6. The van der Waals surface area contributed by atoms with Crippen molar-refractivity contribution >= 4 is 32.8 Å². The van der Waals surface area contributed by atoms with E-state index in [0.29, 0.717) is 16.8 Å². The number of imidazole rings is 1. The predicted molar refractivity (Wildman–Crippen MR) is 126 cm³/mol. The average molecular weight is 472 g/mol. The first kappa shape index (κ1) is 23.3. The van der Waals surface area contributed by atoms with Gasteiger partial charge in [-0.05, 0) is 57.0 Å². The molecular weight excluding hydrogens is 442 g/mol. The summed E-state index contributed by atoms with van der Waals surface area (Å²) in [5.74, 6) is 0.667. The van der Waals surface area contributed by atoms with Crippen LogP contribution in [0.25, 0.3) is 11.2 Å². The molecule has 0 fully saturated rings. The van der Waals surface area contributed by atoms with Crippen LogP contribution in [0.5, 0.6) is 0 Å². The molecule has 0 aliphatic carbocycles. The molecule has 1 amide bonds. The number of rotatable bonds is 7. The largest absolute Gasteiger partial charge is 0.383 e. The van der Waals surface area contributed by atoms with Gasteiger partial charge in [0.15, 0.2) is 5.65 Å². The summed E-state index contributed by atoms with van der Waals surface area (Å²) >= 11 is 0. The van der Waals surface area contributed by atoms with Crippen LogP contribution < -0.4 is 10.0 Å². The summed E-state index contributed by atoms with van der Waals surface area (Å²) in [6.45, 7) is 4.72. The lowest BCUT2D eigenvalue weighted by molar-refractivity contribution is 0.102. The highest BCUT2D eigenvalue weighted by molar-refractivity contribution is 7.89. The van der Waals surface area contributed by atoms with Crippen LogP contribution in [0.2, 0.25) is 0 Å². The Labute approximate surface area is 193 Å². The minimum absolute atomic E-state index is 0.114. The number of anilines is 1. The molecule has 3 aromatic rings. The minimum Gasteiger partial charge on any atom is -0.383 e. The number of hydrogen-bond acceptors (Lipinski definition) is 6. The van der Waals surface area contributed by atoms with Crippen molar-refractivity contribution in [2.24, 2.45) is 0 Å². The predicted octanol–water partition coefficient (Wildman–Crippen LogP) is 3.03. The number of ether oxygens (including phenoxy) is 1.